The summed E-state index contributed by atoms with van der Waals surface area (Å²) in [6, 6.07) is -0.809. The van der Waals surface area contributed by atoms with Crippen molar-refractivity contribution < 1.29 is 29.4 Å². The van der Waals surface area contributed by atoms with Gasteiger partial charge in [0.2, 0.25) is 11.8 Å². The van der Waals surface area contributed by atoms with Crippen LogP contribution in [0.2, 0.25) is 0 Å². The standard InChI is InChI=1S/C11H18N2O6/c1-2-7(11(19)12-6-10(17)18)13-8(14)4-3-5-9(15)16/h7H,2-6H2,1H3,(H,12,19)(H,13,14)(H,15,16)(H,17,18)/t7-/m0/s1. The molecule has 0 heterocycles. The van der Waals surface area contributed by atoms with E-state index >= 15 is 0 Å². The van der Waals surface area contributed by atoms with Crippen molar-refractivity contribution in [2.45, 2.75) is 38.6 Å². The van der Waals surface area contributed by atoms with Gasteiger partial charge in [0.15, 0.2) is 0 Å². The van der Waals surface area contributed by atoms with E-state index in [0.717, 1.165) is 0 Å². The molecule has 0 bridgehead atoms. The second-order valence-corrected chi connectivity index (χ2v) is 3.89. The highest BCUT2D eigenvalue weighted by atomic mass is 16.4. The number of hydrogen-bond donors (Lipinski definition) is 4. The van der Waals surface area contributed by atoms with Gasteiger partial charge in [0.25, 0.3) is 0 Å². The van der Waals surface area contributed by atoms with Crippen molar-refractivity contribution in [3.05, 3.63) is 0 Å². The molecule has 8 heteroatoms. The fourth-order valence-corrected chi connectivity index (χ4v) is 1.31. The van der Waals surface area contributed by atoms with E-state index in [1.54, 1.807) is 6.92 Å². The maximum Gasteiger partial charge on any atom is 0.322 e. The Bertz CT molecular complexity index is 355. The van der Waals surface area contributed by atoms with Gasteiger partial charge in [0.1, 0.15) is 12.6 Å². The summed E-state index contributed by atoms with van der Waals surface area (Å²) in [7, 11) is 0. The number of carboxylic acid groups (broad SMARTS) is 2. The molecule has 4 N–H and O–H groups in total. The van der Waals surface area contributed by atoms with Crippen molar-refractivity contribution in [2.24, 2.45) is 0 Å². The molecule has 0 saturated heterocycles. The molecular formula is C11H18N2O6. The van der Waals surface area contributed by atoms with Gasteiger partial charge in [0.05, 0.1) is 0 Å². The van der Waals surface area contributed by atoms with Crippen molar-refractivity contribution in [1.29, 1.82) is 0 Å². The predicted molar refractivity (Wildman–Crippen MR) is 64.4 cm³/mol. The van der Waals surface area contributed by atoms with Crippen LogP contribution in [0.1, 0.15) is 32.6 Å². The summed E-state index contributed by atoms with van der Waals surface area (Å²) in [6.07, 6.45) is 0.398. The minimum Gasteiger partial charge on any atom is -0.481 e. The van der Waals surface area contributed by atoms with Crippen LogP contribution in [0.25, 0.3) is 0 Å². The summed E-state index contributed by atoms with van der Waals surface area (Å²) in [5.41, 5.74) is 0. The van der Waals surface area contributed by atoms with E-state index in [0.29, 0.717) is 6.42 Å². The fraction of sp³-hybridized carbons (Fsp3) is 0.636. The van der Waals surface area contributed by atoms with E-state index in [9.17, 15) is 19.2 Å². The van der Waals surface area contributed by atoms with Crippen LogP contribution in [-0.2, 0) is 19.2 Å². The van der Waals surface area contributed by atoms with Crippen LogP contribution >= 0.6 is 0 Å². The molecule has 0 aromatic rings. The predicted octanol–water partition coefficient (Wildman–Crippen LogP) is -0.663. The lowest BCUT2D eigenvalue weighted by Crippen LogP contribution is -2.47. The van der Waals surface area contributed by atoms with Gasteiger partial charge >= 0.3 is 11.9 Å². The van der Waals surface area contributed by atoms with Crippen molar-refractivity contribution in [3.63, 3.8) is 0 Å². The third-order valence-electron chi connectivity index (χ3n) is 2.27. The van der Waals surface area contributed by atoms with Crippen LogP contribution < -0.4 is 10.6 Å². The first-order chi connectivity index (χ1) is 8.86. The topological polar surface area (TPSA) is 133 Å². The number of rotatable bonds is 9. The number of nitrogens with one attached hydrogen (secondary N) is 2. The average Bonchev–Trinajstić information content (AvgIpc) is 2.32. The van der Waals surface area contributed by atoms with Gasteiger partial charge in [0, 0.05) is 12.8 Å². The smallest absolute Gasteiger partial charge is 0.322 e. The second-order valence-electron chi connectivity index (χ2n) is 3.89. The Balaban J connectivity index is 4.09. The van der Waals surface area contributed by atoms with Gasteiger partial charge < -0.3 is 20.8 Å². The molecule has 0 rings (SSSR count). The molecule has 0 aromatic carbocycles. The Kier molecular flexibility index (Phi) is 7.90. The number of carbonyl (C=O) groups is 4. The van der Waals surface area contributed by atoms with Gasteiger partial charge in [-0.3, -0.25) is 19.2 Å². The van der Waals surface area contributed by atoms with E-state index in [1.807, 2.05) is 0 Å². The van der Waals surface area contributed by atoms with Crippen LogP contribution in [0.3, 0.4) is 0 Å². The van der Waals surface area contributed by atoms with Crippen LogP contribution in [0.4, 0.5) is 0 Å². The quantitative estimate of drug-likeness (QED) is 0.441. The zero-order chi connectivity index (χ0) is 14.8. The summed E-state index contributed by atoms with van der Waals surface area (Å²) in [4.78, 5) is 43.5. The number of carboxylic acids is 2. The molecule has 0 radical (unpaired) electrons. The van der Waals surface area contributed by atoms with Gasteiger partial charge in [-0.1, -0.05) is 6.92 Å². The highest BCUT2D eigenvalue weighted by molar-refractivity contribution is 5.89. The number of carbonyl (C=O) groups excluding carboxylic acids is 2. The third-order valence-corrected chi connectivity index (χ3v) is 2.27. The minimum atomic E-state index is -1.17. The molecule has 1 atom stereocenters. The SMILES string of the molecule is CC[C@H](NC(=O)CCCC(=O)O)C(=O)NCC(=O)O. The largest absolute Gasteiger partial charge is 0.481 e. The molecule has 0 aliphatic carbocycles. The molecule has 0 spiro atoms. The summed E-state index contributed by atoms with van der Waals surface area (Å²) in [6.45, 7) is 1.16. The molecule has 0 fully saturated rings. The Morgan fingerprint density at radius 1 is 1.05 bits per heavy atom. The highest BCUT2D eigenvalue weighted by Crippen LogP contribution is 1.98. The molecular weight excluding hydrogens is 256 g/mol. The lowest BCUT2D eigenvalue weighted by Gasteiger charge is -2.15. The summed E-state index contributed by atoms with van der Waals surface area (Å²) < 4.78 is 0. The van der Waals surface area contributed by atoms with E-state index < -0.39 is 36.3 Å². The van der Waals surface area contributed by atoms with Gasteiger partial charge in [-0.2, -0.15) is 0 Å². The maximum absolute atomic E-state index is 11.5. The first-order valence-corrected chi connectivity index (χ1v) is 5.87. The molecule has 0 saturated carbocycles. The van der Waals surface area contributed by atoms with Crippen molar-refractivity contribution >= 4 is 23.8 Å². The highest BCUT2D eigenvalue weighted by Gasteiger charge is 2.19. The second kappa shape index (κ2) is 8.90. The lowest BCUT2D eigenvalue weighted by molar-refractivity contribution is -0.138. The van der Waals surface area contributed by atoms with Gasteiger partial charge in [-0.05, 0) is 12.8 Å². The van der Waals surface area contributed by atoms with Crippen LogP contribution in [-0.4, -0.2) is 46.6 Å². The Hall–Kier alpha value is -2.12. The maximum atomic E-state index is 11.5. The van der Waals surface area contributed by atoms with E-state index in [2.05, 4.69) is 10.6 Å². The zero-order valence-electron chi connectivity index (χ0n) is 10.6. The summed E-state index contributed by atoms with van der Waals surface area (Å²) in [5.74, 6) is -3.16. The molecule has 0 aromatic heterocycles. The average molecular weight is 274 g/mol. The normalized spacial score (nSPS) is 11.4. The summed E-state index contributed by atoms with van der Waals surface area (Å²) >= 11 is 0. The monoisotopic (exact) mass is 274 g/mol. The molecule has 0 unspecified atom stereocenters. The van der Waals surface area contributed by atoms with E-state index in [1.165, 1.54) is 0 Å². The van der Waals surface area contributed by atoms with Crippen molar-refractivity contribution in [1.82, 2.24) is 10.6 Å². The molecule has 8 nitrogen and oxygen atoms in total. The minimum absolute atomic E-state index is 0.00894. The summed E-state index contributed by atoms with van der Waals surface area (Å²) in [5, 5.41) is 21.4. The van der Waals surface area contributed by atoms with Crippen LogP contribution in [0.15, 0.2) is 0 Å². The molecule has 19 heavy (non-hydrogen) atoms. The molecule has 108 valence electrons. The van der Waals surface area contributed by atoms with E-state index in [4.69, 9.17) is 10.2 Å². The molecule has 0 aliphatic rings. The van der Waals surface area contributed by atoms with Crippen LogP contribution in [0, 0.1) is 0 Å². The number of aliphatic carboxylic acids is 2. The Labute approximate surface area is 110 Å². The number of amides is 2. The molecule has 2 amide bonds. The lowest BCUT2D eigenvalue weighted by atomic mass is 10.1. The van der Waals surface area contributed by atoms with Crippen LogP contribution in [0.5, 0.6) is 0 Å². The van der Waals surface area contributed by atoms with E-state index in [-0.39, 0.29) is 19.3 Å². The van der Waals surface area contributed by atoms with Gasteiger partial charge in [-0.25, -0.2) is 0 Å². The zero-order valence-corrected chi connectivity index (χ0v) is 10.6. The Morgan fingerprint density at radius 2 is 1.68 bits per heavy atom. The number of hydrogen-bond acceptors (Lipinski definition) is 4. The van der Waals surface area contributed by atoms with Crippen molar-refractivity contribution in [3.8, 4) is 0 Å². The Morgan fingerprint density at radius 3 is 2.16 bits per heavy atom. The fourth-order valence-electron chi connectivity index (χ4n) is 1.31. The first kappa shape index (κ1) is 16.9. The first-order valence-electron chi connectivity index (χ1n) is 5.87. The molecule has 0 aliphatic heterocycles. The van der Waals surface area contributed by atoms with Crippen molar-refractivity contribution in [2.75, 3.05) is 6.54 Å². The van der Waals surface area contributed by atoms with Gasteiger partial charge in [-0.15, -0.1) is 0 Å². The third kappa shape index (κ3) is 8.58.